The van der Waals surface area contributed by atoms with Gasteiger partial charge in [0.25, 0.3) is 0 Å². The number of para-hydroxylation sites is 2. The third kappa shape index (κ3) is 2.63. The molecule has 1 aliphatic rings. The average molecular weight is 211 g/mol. The van der Waals surface area contributed by atoms with Crippen LogP contribution in [0.25, 0.3) is 0 Å². The fourth-order valence-corrected chi connectivity index (χ4v) is 1.58. The van der Waals surface area contributed by atoms with Crippen LogP contribution in [0.5, 0.6) is 11.5 Å². The fraction of sp³-hybridized carbons (Fsp3) is 0.500. The summed E-state index contributed by atoms with van der Waals surface area (Å²) >= 11 is 0. The molecular weight excluding hydrogens is 192 g/mol. The Morgan fingerprint density at radius 3 is 2.93 bits per heavy atom. The van der Waals surface area contributed by atoms with E-state index in [1.54, 1.807) is 24.3 Å². The molecule has 15 heavy (non-hydrogen) atoms. The lowest BCUT2D eigenvalue weighted by Gasteiger charge is -2.24. The first-order chi connectivity index (χ1) is 8.54. The summed E-state index contributed by atoms with van der Waals surface area (Å²) in [7, 11) is -2.48. The van der Waals surface area contributed by atoms with Crippen LogP contribution in [0.4, 0.5) is 0 Å². The van der Waals surface area contributed by atoms with E-state index < -0.39 is 7.04 Å². The molecule has 1 fully saturated rings. The molecular formula is C12H16O3. The van der Waals surface area contributed by atoms with Crippen molar-refractivity contribution in [2.45, 2.75) is 25.6 Å². The second-order valence-corrected chi connectivity index (χ2v) is 3.46. The quantitative estimate of drug-likeness (QED) is 0.769. The molecule has 1 aromatic rings. The van der Waals surface area contributed by atoms with Crippen LogP contribution in [0.1, 0.15) is 23.4 Å². The summed E-state index contributed by atoms with van der Waals surface area (Å²) in [6.07, 6.45) is 2.57. The van der Waals surface area contributed by atoms with Gasteiger partial charge in [0.15, 0.2) is 17.8 Å². The molecule has 2 rings (SSSR count). The second kappa shape index (κ2) is 5.03. The van der Waals surface area contributed by atoms with E-state index in [0.717, 1.165) is 19.3 Å². The number of hydrogen-bond donors (Lipinski definition) is 0. The Bertz CT molecular complexity index is 386. The molecule has 0 aromatic heterocycles. The highest BCUT2D eigenvalue weighted by Gasteiger charge is 2.16. The summed E-state index contributed by atoms with van der Waals surface area (Å²) in [5.41, 5.74) is 0. The highest BCUT2D eigenvalue weighted by Crippen LogP contribution is 2.28. The van der Waals surface area contributed by atoms with Crippen LogP contribution in [-0.2, 0) is 4.74 Å². The third-order valence-electron chi connectivity index (χ3n) is 2.36. The highest BCUT2D eigenvalue weighted by atomic mass is 16.7. The first-order valence-corrected chi connectivity index (χ1v) is 5.11. The van der Waals surface area contributed by atoms with Crippen LogP contribution >= 0.6 is 0 Å². The van der Waals surface area contributed by atoms with Crippen molar-refractivity contribution in [3.8, 4) is 11.5 Å². The molecule has 0 amide bonds. The normalized spacial score (nSPS) is 24.8. The molecule has 1 aliphatic heterocycles. The van der Waals surface area contributed by atoms with E-state index in [4.69, 9.17) is 18.3 Å². The molecule has 0 spiro atoms. The van der Waals surface area contributed by atoms with Gasteiger partial charge in [-0.15, -0.1) is 0 Å². The molecule has 1 aromatic carbocycles. The number of rotatable bonds is 3. The Morgan fingerprint density at radius 2 is 2.20 bits per heavy atom. The summed E-state index contributed by atoms with van der Waals surface area (Å²) in [6.45, 7) is 0.674. The SMILES string of the molecule is [2H]C([2H])([2H])Oc1ccccc1OC1CCCCO1. The van der Waals surface area contributed by atoms with E-state index in [-0.39, 0.29) is 12.0 Å². The van der Waals surface area contributed by atoms with Crippen molar-refractivity contribution >= 4 is 0 Å². The van der Waals surface area contributed by atoms with E-state index >= 15 is 0 Å². The van der Waals surface area contributed by atoms with Crippen LogP contribution in [0, 0.1) is 0 Å². The van der Waals surface area contributed by atoms with Crippen LogP contribution in [0.15, 0.2) is 24.3 Å². The van der Waals surface area contributed by atoms with Crippen molar-refractivity contribution in [3.05, 3.63) is 24.3 Å². The summed E-state index contributed by atoms with van der Waals surface area (Å²) in [5.74, 6) is 0.618. The van der Waals surface area contributed by atoms with Gasteiger partial charge in [-0.05, 0) is 25.0 Å². The maximum Gasteiger partial charge on any atom is 0.200 e. The molecule has 0 radical (unpaired) electrons. The fourth-order valence-electron chi connectivity index (χ4n) is 1.58. The lowest BCUT2D eigenvalue weighted by atomic mass is 10.2. The topological polar surface area (TPSA) is 27.7 Å². The first kappa shape index (κ1) is 7.12. The molecule has 3 nitrogen and oxygen atoms in total. The zero-order chi connectivity index (χ0) is 13.0. The van der Waals surface area contributed by atoms with Crippen LogP contribution in [0.2, 0.25) is 0 Å². The van der Waals surface area contributed by atoms with E-state index in [2.05, 4.69) is 0 Å². The highest BCUT2D eigenvalue weighted by molar-refractivity contribution is 5.39. The van der Waals surface area contributed by atoms with Gasteiger partial charge in [-0.3, -0.25) is 0 Å². The minimum absolute atomic E-state index is 0.215. The van der Waals surface area contributed by atoms with Gasteiger partial charge in [0.2, 0.25) is 0 Å². The molecule has 1 unspecified atom stereocenters. The molecule has 1 atom stereocenters. The second-order valence-electron chi connectivity index (χ2n) is 3.46. The maximum absolute atomic E-state index is 7.11. The Kier molecular flexibility index (Phi) is 2.39. The lowest BCUT2D eigenvalue weighted by molar-refractivity contribution is -0.106. The summed E-state index contributed by atoms with van der Waals surface area (Å²) in [6, 6.07) is 6.73. The summed E-state index contributed by atoms with van der Waals surface area (Å²) in [4.78, 5) is 0. The third-order valence-corrected chi connectivity index (χ3v) is 2.36. The number of hydrogen-bond acceptors (Lipinski definition) is 3. The molecule has 0 bridgehead atoms. The molecule has 1 saturated heterocycles. The van der Waals surface area contributed by atoms with Gasteiger partial charge in [-0.25, -0.2) is 0 Å². The van der Waals surface area contributed by atoms with Gasteiger partial charge in [0, 0.05) is 6.42 Å². The molecule has 0 aliphatic carbocycles. The predicted octanol–water partition coefficient (Wildman–Crippen LogP) is 2.60. The van der Waals surface area contributed by atoms with Crippen molar-refractivity contribution in [2.75, 3.05) is 13.6 Å². The van der Waals surface area contributed by atoms with Crippen molar-refractivity contribution in [1.29, 1.82) is 0 Å². The van der Waals surface area contributed by atoms with Crippen molar-refractivity contribution in [1.82, 2.24) is 0 Å². The lowest BCUT2D eigenvalue weighted by Crippen LogP contribution is -2.25. The van der Waals surface area contributed by atoms with E-state index in [1.807, 2.05) is 0 Å². The molecule has 82 valence electrons. The minimum Gasteiger partial charge on any atom is -0.493 e. The predicted molar refractivity (Wildman–Crippen MR) is 57.2 cm³/mol. The van der Waals surface area contributed by atoms with Gasteiger partial charge in [-0.1, -0.05) is 12.1 Å². The Labute approximate surface area is 94.2 Å². The van der Waals surface area contributed by atoms with Gasteiger partial charge in [0.1, 0.15) is 0 Å². The van der Waals surface area contributed by atoms with Gasteiger partial charge >= 0.3 is 0 Å². The number of methoxy groups -OCH3 is 1. The number of benzene rings is 1. The van der Waals surface area contributed by atoms with Crippen LogP contribution < -0.4 is 9.47 Å². The van der Waals surface area contributed by atoms with Gasteiger partial charge in [0.05, 0.1) is 17.8 Å². The maximum atomic E-state index is 7.11. The zero-order valence-corrected chi connectivity index (χ0v) is 8.44. The summed E-state index contributed by atoms with van der Waals surface area (Å²) < 4.78 is 37.3. The standard InChI is InChI=1S/C12H16O3/c1-13-10-6-2-3-7-11(10)15-12-8-4-5-9-14-12/h2-3,6-7,12H,4-5,8-9H2,1H3/i1D3. The largest absolute Gasteiger partial charge is 0.493 e. The van der Waals surface area contributed by atoms with Crippen LogP contribution in [-0.4, -0.2) is 19.9 Å². The monoisotopic (exact) mass is 211 g/mol. The smallest absolute Gasteiger partial charge is 0.200 e. The van der Waals surface area contributed by atoms with E-state index in [9.17, 15) is 0 Å². The Balaban J connectivity index is 2.06. The summed E-state index contributed by atoms with van der Waals surface area (Å²) in [5, 5.41) is 0. The molecule has 1 heterocycles. The molecule has 3 heteroatoms. The first-order valence-electron chi connectivity index (χ1n) is 6.61. The van der Waals surface area contributed by atoms with E-state index in [0.29, 0.717) is 12.4 Å². The van der Waals surface area contributed by atoms with Crippen molar-refractivity contribution in [3.63, 3.8) is 0 Å². The minimum atomic E-state index is -2.48. The van der Waals surface area contributed by atoms with Gasteiger partial charge < -0.3 is 14.2 Å². The zero-order valence-electron chi connectivity index (χ0n) is 11.4. The van der Waals surface area contributed by atoms with E-state index in [1.165, 1.54) is 0 Å². The van der Waals surface area contributed by atoms with Crippen LogP contribution in [0.3, 0.4) is 0 Å². The molecule has 0 N–H and O–H groups in total. The number of ether oxygens (including phenoxy) is 3. The Hall–Kier alpha value is -1.22. The Morgan fingerprint density at radius 1 is 1.33 bits per heavy atom. The van der Waals surface area contributed by atoms with Crippen molar-refractivity contribution in [2.24, 2.45) is 0 Å². The average Bonchev–Trinajstić information content (AvgIpc) is 2.31. The van der Waals surface area contributed by atoms with Crippen molar-refractivity contribution < 1.29 is 18.3 Å². The van der Waals surface area contributed by atoms with Gasteiger partial charge in [-0.2, -0.15) is 0 Å². The molecule has 0 saturated carbocycles.